The first-order valence-corrected chi connectivity index (χ1v) is 9.98. The summed E-state index contributed by atoms with van der Waals surface area (Å²) in [6.45, 7) is 2.78. The Bertz CT molecular complexity index is 651. The summed E-state index contributed by atoms with van der Waals surface area (Å²) >= 11 is 6.06. The third-order valence-corrected chi connectivity index (χ3v) is 6.09. The Morgan fingerprint density at radius 2 is 1.64 bits per heavy atom. The van der Waals surface area contributed by atoms with Gasteiger partial charge in [0, 0.05) is 16.9 Å². The topological polar surface area (TPSA) is 35.9 Å². The first kappa shape index (κ1) is 17.0. The molecule has 2 atom stereocenters. The quantitative estimate of drug-likeness (QED) is 0.813. The van der Waals surface area contributed by atoms with Gasteiger partial charge in [0.25, 0.3) is 0 Å². The molecule has 1 aromatic rings. The summed E-state index contributed by atoms with van der Waals surface area (Å²) in [5.74, 6) is 0.592. The lowest BCUT2D eigenvalue weighted by molar-refractivity contribution is -0.141. The van der Waals surface area contributed by atoms with E-state index in [1.165, 1.54) is 25.7 Å². The Morgan fingerprint density at radius 1 is 0.960 bits per heavy atom. The number of hydrazone groups is 1. The van der Waals surface area contributed by atoms with Gasteiger partial charge in [0.15, 0.2) is 0 Å². The number of hydrogen-bond acceptors (Lipinski definition) is 3. The molecule has 134 valence electrons. The van der Waals surface area contributed by atoms with Crippen molar-refractivity contribution in [1.29, 1.82) is 0 Å². The predicted octanol–water partition coefficient (Wildman–Crippen LogP) is 4.14. The van der Waals surface area contributed by atoms with E-state index in [4.69, 9.17) is 16.7 Å². The number of carbonyl (C=O) groups excluding carboxylic acids is 1. The van der Waals surface area contributed by atoms with E-state index in [1.54, 1.807) is 5.01 Å². The molecule has 1 saturated carbocycles. The van der Waals surface area contributed by atoms with E-state index in [9.17, 15) is 4.79 Å². The van der Waals surface area contributed by atoms with E-state index in [2.05, 4.69) is 4.90 Å². The number of halogens is 1. The minimum atomic E-state index is 0.0988. The molecule has 5 heteroatoms. The second-order valence-corrected chi connectivity index (χ2v) is 7.98. The lowest BCUT2D eigenvalue weighted by Gasteiger charge is -2.40. The monoisotopic (exact) mass is 359 g/mol. The van der Waals surface area contributed by atoms with Gasteiger partial charge in [0.05, 0.1) is 12.4 Å². The van der Waals surface area contributed by atoms with Crippen LogP contribution in [0.25, 0.3) is 0 Å². The van der Waals surface area contributed by atoms with Crippen LogP contribution >= 0.6 is 11.6 Å². The lowest BCUT2D eigenvalue weighted by Crippen LogP contribution is -2.50. The third kappa shape index (κ3) is 3.61. The van der Waals surface area contributed by atoms with Crippen molar-refractivity contribution >= 4 is 23.2 Å². The maximum Gasteiger partial charge on any atom is 0.247 e. The van der Waals surface area contributed by atoms with Crippen LogP contribution in [0, 0.1) is 11.8 Å². The van der Waals surface area contributed by atoms with Gasteiger partial charge in [-0.25, -0.2) is 5.01 Å². The number of likely N-dealkylation sites (tertiary alicyclic amines) is 1. The molecule has 0 bridgehead atoms. The molecule has 4 nitrogen and oxygen atoms in total. The van der Waals surface area contributed by atoms with Gasteiger partial charge >= 0.3 is 0 Å². The molecular weight excluding hydrogens is 334 g/mol. The van der Waals surface area contributed by atoms with E-state index >= 15 is 0 Å². The molecule has 0 radical (unpaired) electrons. The van der Waals surface area contributed by atoms with Crippen molar-refractivity contribution in [3.63, 3.8) is 0 Å². The van der Waals surface area contributed by atoms with Gasteiger partial charge in [-0.15, -0.1) is 0 Å². The van der Waals surface area contributed by atoms with E-state index in [-0.39, 0.29) is 17.7 Å². The molecule has 0 N–H and O–H groups in total. The molecule has 2 fully saturated rings. The average molecular weight is 360 g/mol. The van der Waals surface area contributed by atoms with Crippen LogP contribution in [0.5, 0.6) is 0 Å². The number of nitrogens with zero attached hydrogens (tertiary/aromatic N) is 3. The number of hydrogen-bond donors (Lipinski definition) is 0. The van der Waals surface area contributed by atoms with Gasteiger partial charge in [-0.2, -0.15) is 5.10 Å². The van der Waals surface area contributed by atoms with Gasteiger partial charge < -0.3 is 0 Å². The minimum Gasteiger partial charge on any atom is -0.284 e. The fraction of sp³-hybridized carbons (Fsp3) is 0.600. The number of rotatable bonds is 3. The highest BCUT2D eigenvalue weighted by atomic mass is 35.5. The number of benzene rings is 1. The van der Waals surface area contributed by atoms with Crippen molar-refractivity contribution in [2.24, 2.45) is 16.9 Å². The van der Waals surface area contributed by atoms with E-state index in [0.29, 0.717) is 6.67 Å². The summed E-state index contributed by atoms with van der Waals surface area (Å²) in [4.78, 5) is 15.4. The fourth-order valence-electron chi connectivity index (χ4n) is 4.48. The van der Waals surface area contributed by atoms with Crippen LogP contribution in [0.1, 0.15) is 50.5 Å². The van der Waals surface area contributed by atoms with Crippen LogP contribution in [0.2, 0.25) is 5.02 Å². The SMILES string of the molecule is O=C1[C@H]2CCCC[C@H]2C(c2ccc(Cl)cc2)=NN1CN1CCCCC1. The van der Waals surface area contributed by atoms with Crippen LogP contribution in [-0.2, 0) is 4.79 Å². The van der Waals surface area contributed by atoms with Gasteiger partial charge in [0.2, 0.25) is 5.91 Å². The molecule has 0 spiro atoms. The summed E-state index contributed by atoms with van der Waals surface area (Å²) in [6.07, 6.45) is 8.14. The van der Waals surface area contributed by atoms with Crippen molar-refractivity contribution in [1.82, 2.24) is 9.91 Å². The lowest BCUT2D eigenvalue weighted by atomic mass is 9.73. The van der Waals surface area contributed by atoms with Crippen LogP contribution in [0.3, 0.4) is 0 Å². The molecule has 0 unspecified atom stereocenters. The summed E-state index contributed by atoms with van der Waals surface area (Å²) in [7, 11) is 0. The molecule has 3 aliphatic rings. The first-order chi connectivity index (χ1) is 12.2. The van der Waals surface area contributed by atoms with Crippen molar-refractivity contribution in [2.75, 3.05) is 19.8 Å². The van der Waals surface area contributed by atoms with E-state index < -0.39 is 0 Å². The zero-order valence-electron chi connectivity index (χ0n) is 14.7. The smallest absolute Gasteiger partial charge is 0.247 e. The third-order valence-electron chi connectivity index (χ3n) is 5.84. The van der Waals surface area contributed by atoms with Crippen LogP contribution in [-0.4, -0.2) is 41.3 Å². The molecule has 1 aliphatic carbocycles. The minimum absolute atomic E-state index is 0.0988. The zero-order valence-corrected chi connectivity index (χ0v) is 15.4. The maximum atomic E-state index is 13.0. The molecule has 1 aromatic carbocycles. The Hall–Kier alpha value is -1.39. The van der Waals surface area contributed by atoms with Gasteiger partial charge in [-0.05, 0) is 56.5 Å². The highest BCUT2D eigenvalue weighted by Crippen LogP contribution is 2.37. The normalized spacial score (nSPS) is 27.8. The van der Waals surface area contributed by atoms with Crippen molar-refractivity contribution in [3.05, 3.63) is 34.9 Å². The summed E-state index contributed by atoms with van der Waals surface area (Å²) in [5.41, 5.74) is 2.19. The van der Waals surface area contributed by atoms with Crippen molar-refractivity contribution in [3.8, 4) is 0 Å². The van der Waals surface area contributed by atoms with Crippen molar-refractivity contribution in [2.45, 2.75) is 44.9 Å². The molecule has 2 heterocycles. The number of amides is 1. The number of carbonyl (C=O) groups is 1. The van der Waals surface area contributed by atoms with Gasteiger partial charge in [0.1, 0.15) is 0 Å². The number of piperidine rings is 1. The molecule has 1 amide bonds. The number of fused-ring (bicyclic) bond motifs is 1. The Morgan fingerprint density at radius 3 is 2.36 bits per heavy atom. The summed E-state index contributed by atoms with van der Waals surface area (Å²) in [5, 5.41) is 7.35. The van der Waals surface area contributed by atoms with Crippen LogP contribution < -0.4 is 0 Å². The predicted molar refractivity (Wildman–Crippen MR) is 101 cm³/mol. The molecular formula is C20H26ClN3O. The zero-order chi connectivity index (χ0) is 17.2. The first-order valence-electron chi connectivity index (χ1n) is 9.60. The van der Waals surface area contributed by atoms with Crippen LogP contribution in [0.4, 0.5) is 0 Å². The van der Waals surface area contributed by atoms with Crippen LogP contribution in [0.15, 0.2) is 29.4 Å². The van der Waals surface area contributed by atoms with E-state index in [0.717, 1.165) is 48.6 Å². The molecule has 1 saturated heterocycles. The second kappa shape index (κ2) is 7.46. The maximum absolute atomic E-state index is 13.0. The molecule has 2 aliphatic heterocycles. The molecule has 4 rings (SSSR count). The Labute approximate surface area is 154 Å². The van der Waals surface area contributed by atoms with Gasteiger partial charge in [-0.1, -0.05) is 43.0 Å². The fourth-order valence-corrected chi connectivity index (χ4v) is 4.61. The second-order valence-electron chi connectivity index (χ2n) is 7.55. The average Bonchev–Trinajstić information content (AvgIpc) is 2.66. The molecule has 0 aromatic heterocycles. The Kier molecular flexibility index (Phi) is 5.09. The van der Waals surface area contributed by atoms with Crippen molar-refractivity contribution < 1.29 is 4.79 Å². The summed E-state index contributed by atoms with van der Waals surface area (Å²) in [6, 6.07) is 7.93. The molecule has 25 heavy (non-hydrogen) atoms. The standard InChI is InChI=1S/C20H26ClN3O/c21-16-10-8-15(9-11-16)19-17-6-2-3-7-18(17)20(25)24(22-19)14-23-12-4-1-5-13-23/h8-11,17-18H,1-7,12-14H2/t17-,18+/m1/s1. The highest BCUT2D eigenvalue weighted by Gasteiger charge is 2.41. The largest absolute Gasteiger partial charge is 0.284 e. The Balaban J connectivity index is 1.64. The van der Waals surface area contributed by atoms with Gasteiger partial charge in [-0.3, -0.25) is 9.69 Å². The summed E-state index contributed by atoms with van der Waals surface area (Å²) < 4.78 is 0. The van der Waals surface area contributed by atoms with E-state index in [1.807, 2.05) is 24.3 Å². The highest BCUT2D eigenvalue weighted by molar-refractivity contribution is 6.30.